The molecule has 6 nitrogen and oxygen atoms in total. The third kappa shape index (κ3) is 5.86. The minimum absolute atomic E-state index is 0.173. The lowest BCUT2D eigenvalue weighted by atomic mass is 10.1. The molecule has 0 atom stereocenters. The second kappa shape index (κ2) is 9.66. The van der Waals surface area contributed by atoms with Gasteiger partial charge in [-0.25, -0.2) is 8.42 Å². The maximum absolute atomic E-state index is 12.6. The number of nitrogens with one attached hydrogen (secondary N) is 2. The second-order valence-electron chi connectivity index (χ2n) is 7.29. The molecule has 0 saturated carbocycles. The molecular formula is C24H26N2O4S. The lowest BCUT2D eigenvalue weighted by molar-refractivity contribution is -0.116. The summed E-state index contributed by atoms with van der Waals surface area (Å²) < 4.78 is 33.5. The zero-order valence-electron chi connectivity index (χ0n) is 17.8. The van der Waals surface area contributed by atoms with Crippen molar-refractivity contribution in [1.29, 1.82) is 0 Å². The van der Waals surface area contributed by atoms with Gasteiger partial charge in [-0.3, -0.25) is 9.52 Å². The normalized spacial score (nSPS) is 11.1. The van der Waals surface area contributed by atoms with Crippen molar-refractivity contribution in [1.82, 2.24) is 0 Å². The van der Waals surface area contributed by atoms with Crippen LogP contribution in [0.3, 0.4) is 0 Å². The number of carbonyl (C=O) groups is 1. The zero-order valence-corrected chi connectivity index (χ0v) is 18.6. The molecule has 0 heterocycles. The minimum atomic E-state index is -3.72. The summed E-state index contributed by atoms with van der Waals surface area (Å²) in [5.74, 6) is 0.548. The minimum Gasteiger partial charge on any atom is -0.493 e. The van der Waals surface area contributed by atoms with Crippen molar-refractivity contribution in [2.75, 3.05) is 16.6 Å². The fourth-order valence-corrected chi connectivity index (χ4v) is 4.11. The maximum atomic E-state index is 12.6. The van der Waals surface area contributed by atoms with Crippen LogP contribution in [0, 0.1) is 20.8 Å². The Kier molecular flexibility index (Phi) is 6.97. The van der Waals surface area contributed by atoms with Gasteiger partial charge in [0, 0.05) is 5.69 Å². The van der Waals surface area contributed by atoms with Gasteiger partial charge >= 0.3 is 0 Å². The Morgan fingerprint density at radius 2 is 1.65 bits per heavy atom. The summed E-state index contributed by atoms with van der Waals surface area (Å²) in [4.78, 5) is 12.5. The van der Waals surface area contributed by atoms with Crippen LogP contribution in [0.5, 0.6) is 5.75 Å². The lowest BCUT2D eigenvalue weighted by Crippen LogP contribution is -2.17. The van der Waals surface area contributed by atoms with Crippen LogP contribution >= 0.6 is 0 Å². The predicted octanol–water partition coefficient (Wildman–Crippen LogP) is 4.82. The van der Waals surface area contributed by atoms with Gasteiger partial charge in [0.25, 0.3) is 10.0 Å². The lowest BCUT2D eigenvalue weighted by Gasteiger charge is -2.13. The highest BCUT2D eigenvalue weighted by Gasteiger charge is 2.15. The van der Waals surface area contributed by atoms with Crippen LogP contribution in [0.2, 0.25) is 0 Å². The van der Waals surface area contributed by atoms with Crippen molar-refractivity contribution in [2.24, 2.45) is 0 Å². The summed E-state index contributed by atoms with van der Waals surface area (Å²) in [6, 6.07) is 19.0. The Hall–Kier alpha value is -3.32. The van der Waals surface area contributed by atoms with Gasteiger partial charge in [0.05, 0.1) is 23.6 Å². The average molecular weight is 439 g/mol. The highest BCUT2D eigenvalue weighted by molar-refractivity contribution is 7.92. The molecule has 2 N–H and O–H groups in total. The van der Waals surface area contributed by atoms with E-state index >= 15 is 0 Å². The number of carbonyl (C=O) groups excluding carboxylic acids is 1. The van der Waals surface area contributed by atoms with Crippen LogP contribution in [0.4, 0.5) is 11.4 Å². The van der Waals surface area contributed by atoms with E-state index in [1.54, 1.807) is 43.3 Å². The molecule has 162 valence electrons. The third-order valence-corrected chi connectivity index (χ3v) is 6.34. The largest absolute Gasteiger partial charge is 0.493 e. The van der Waals surface area contributed by atoms with E-state index in [-0.39, 0.29) is 23.8 Å². The van der Waals surface area contributed by atoms with Crippen molar-refractivity contribution in [3.8, 4) is 5.75 Å². The Morgan fingerprint density at radius 3 is 2.39 bits per heavy atom. The molecule has 0 aromatic heterocycles. The van der Waals surface area contributed by atoms with Gasteiger partial charge in [0.15, 0.2) is 0 Å². The maximum Gasteiger partial charge on any atom is 0.261 e. The Balaban J connectivity index is 1.62. The third-order valence-electron chi connectivity index (χ3n) is 4.96. The van der Waals surface area contributed by atoms with E-state index in [9.17, 15) is 13.2 Å². The fourth-order valence-electron chi connectivity index (χ4n) is 2.97. The summed E-state index contributed by atoms with van der Waals surface area (Å²) in [5, 5.41) is 2.79. The number of ether oxygens (including phenoxy) is 1. The van der Waals surface area contributed by atoms with Gasteiger partial charge in [-0.05, 0) is 67.8 Å². The molecule has 0 saturated heterocycles. The summed E-state index contributed by atoms with van der Waals surface area (Å²) in [5.41, 5.74) is 3.85. The number of aryl methyl sites for hydroxylation is 2. The Morgan fingerprint density at radius 1 is 0.903 bits per heavy atom. The Labute approximate surface area is 183 Å². The molecule has 0 radical (unpaired) electrons. The van der Waals surface area contributed by atoms with Gasteiger partial charge in [-0.2, -0.15) is 0 Å². The predicted molar refractivity (Wildman–Crippen MR) is 123 cm³/mol. The van der Waals surface area contributed by atoms with E-state index in [1.165, 1.54) is 12.1 Å². The molecule has 1 amide bonds. The molecule has 0 aliphatic carbocycles. The van der Waals surface area contributed by atoms with Crippen molar-refractivity contribution >= 4 is 27.3 Å². The molecule has 3 rings (SSSR count). The van der Waals surface area contributed by atoms with Crippen molar-refractivity contribution in [2.45, 2.75) is 32.1 Å². The second-order valence-corrected chi connectivity index (χ2v) is 8.98. The van der Waals surface area contributed by atoms with Crippen molar-refractivity contribution < 1.29 is 17.9 Å². The van der Waals surface area contributed by atoms with Gasteiger partial charge in [-0.1, -0.05) is 36.4 Å². The molecule has 0 aliphatic heterocycles. The van der Waals surface area contributed by atoms with Crippen LogP contribution in [0.1, 0.15) is 23.1 Å². The molecule has 0 spiro atoms. The first-order valence-corrected chi connectivity index (χ1v) is 11.4. The number of anilines is 2. The summed E-state index contributed by atoms with van der Waals surface area (Å²) in [6.07, 6.45) is 0.173. The smallest absolute Gasteiger partial charge is 0.261 e. The number of hydrogen-bond donors (Lipinski definition) is 2. The van der Waals surface area contributed by atoms with E-state index in [2.05, 4.69) is 10.0 Å². The van der Waals surface area contributed by atoms with Crippen molar-refractivity contribution in [3.05, 3.63) is 83.4 Å². The molecule has 0 bridgehead atoms. The molecule has 0 unspecified atom stereocenters. The monoisotopic (exact) mass is 438 g/mol. The molecule has 0 aliphatic rings. The van der Waals surface area contributed by atoms with Gasteiger partial charge < -0.3 is 10.1 Å². The standard InChI is InChI=1S/C24H26N2O4S/c1-17-8-7-11-23(19(17)3)30-15-14-24(27)25-20-13-12-18(2)22(16-20)26-31(28,29)21-9-5-4-6-10-21/h4-13,16,26H,14-15H2,1-3H3,(H,25,27). The summed E-state index contributed by atoms with van der Waals surface area (Å²) >= 11 is 0. The number of amides is 1. The van der Waals surface area contributed by atoms with Gasteiger partial charge in [-0.15, -0.1) is 0 Å². The molecule has 7 heteroatoms. The molecule has 31 heavy (non-hydrogen) atoms. The SMILES string of the molecule is Cc1ccc(NC(=O)CCOc2cccc(C)c2C)cc1NS(=O)(=O)c1ccccc1. The first kappa shape index (κ1) is 22.4. The highest BCUT2D eigenvalue weighted by atomic mass is 32.2. The summed E-state index contributed by atoms with van der Waals surface area (Å²) in [7, 11) is -3.72. The van der Waals surface area contributed by atoms with Gasteiger partial charge in [0.1, 0.15) is 5.75 Å². The molecule has 3 aromatic rings. The van der Waals surface area contributed by atoms with Crippen molar-refractivity contribution in [3.63, 3.8) is 0 Å². The van der Waals surface area contributed by atoms with E-state index in [4.69, 9.17) is 4.74 Å². The van der Waals surface area contributed by atoms with Gasteiger partial charge in [0.2, 0.25) is 5.91 Å². The number of rotatable bonds is 8. The van der Waals surface area contributed by atoms with E-state index < -0.39 is 10.0 Å². The molecule has 0 fully saturated rings. The van der Waals surface area contributed by atoms with E-state index in [1.807, 2.05) is 32.0 Å². The summed E-state index contributed by atoms with van der Waals surface area (Å²) in [6.45, 7) is 6.03. The van der Waals surface area contributed by atoms with Crippen LogP contribution in [0.25, 0.3) is 0 Å². The highest BCUT2D eigenvalue weighted by Crippen LogP contribution is 2.24. The number of hydrogen-bond acceptors (Lipinski definition) is 4. The topological polar surface area (TPSA) is 84.5 Å². The number of sulfonamides is 1. The molecule has 3 aromatic carbocycles. The fraction of sp³-hybridized carbons (Fsp3) is 0.208. The first-order chi connectivity index (χ1) is 14.8. The van der Waals surface area contributed by atoms with Crippen LogP contribution in [0.15, 0.2) is 71.6 Å². The number of benzene rings is 3. The van der Waals surface area contributed by atoms with Crippen LogP contribution in [-0.2, 0) is 14.8 Å². The first-order valence-electron chi connectivity index (χ1n) is 9.93. The van der Waals surface area contributed by atoms with E-state index in [0.717, 1.165) is 22.4 Å². The average Bonchev–Trinajstić information content (AvgIpc) is 2.74. The quantitative estimate of drug-likeness (QED) is 0.528. The van der Waals surface area contributed by atoms with E-state index in [0.29, 0.717) is 11.4 Å². The van der Waals surface area contributed by atoms with Crippen LogP contribution < -0.4 is 14.8 Å². The molecular weight excluding hydrogens is 412 g/mol. The van der Waals surface area contributed by atoms with Crippen LogP contribution in [-0.4, -0.2) is 20.9 Å². The zero-order chi connectivity index (χ0) is 22.4. The Bertz CT molecular complexity index is 1180.